The molecule has 2 aromatic carbocycles. The van der Waals surface area contributed by atoms with E-state index in [2.05, 4.69) is 21.4 Å². The number of hydrogen-bond donors (Lipinski definition) is 1. The summed E-state index contributed by atoms with van der Waals surface area (Å²) in [6.45, 7) is 0.821. The van der Waals surface area contributed by atoms with Crippen LogP contribution in [-0.2, 0) is 26.3 Å². The Hall–Kier alpha value is -1.82. The predicted octanol–water partition coefficient (Wildman–Crippen LogP) is 1.40. The molecule has 2 saturated carbocycles. The normalized spacial score (nSPS) is 18.1. The molecule has 0 spiro atoms. The van der Waals surface area contributed by atoms with E-state index >= 15 is 0 Å². The van der Waals surface area contributed by atoms with Gasteiger partial charge in [-0.05, 0) is 60.2 Å². The average molecular weight is 590 g/mol. The van der Waals surface area contributed by atoms with E-state index in [0.717, 1.165) is 28.5 Å². The van der Waals surface area contributed by atoms with Crippen molar-refractivity contribution in [3.8, 4) is 17.0 Å². The summed E-state index contributed by atoms with van der Waals surface area (Å²) in [5, 5.41) is 1.17. The van der Waals surface area contributed by atoms with Gasteiger partial charge in [-0.25, -0.2) is 4.72 Å². The standard InChI is InChI=1S/C28H32N3O4S.CO2.K/c1-30(2)36(33,34)29-28(32)18-9-11-22-25(14-18)31-16-19-13-23(19)24-15-20(35-3)10-12-21(24)27(31)26(22)17-7-5-4-6-8-17;2-1-3;/h9-12,14-15,17,23H,4-8,13,16H2,1-3H3,(H,29,32);;/q-1;;+1/t23-;;/m1../s1. The number of amides is 1. The van der Waals surface area contributed by atoms with Gasteiger partial charge in [0.2, 0.25) is 0 Å². The molecule has 2 fully saturated rings. The second-order valence-electron chi connectivity index (χ2n) is 10.6. The van der Waals surface area contributed by atoms with E-state index in [9.17, 15) is 13.2 Å². The molecule has 2 heterocycles. The number of carbonyl (C=O) groups is 1. The minimum absolute atomic E-state index is 0. The van der Waals surface area contributed by atoms with E-state index in [-0.39, 0.29) is 57.5 Å². The van der Waals surface area contributed by atoms with Crippen molar-refractivity contribution in [1.82, 2.24) is 13.6 Å². The van der Waals surface area contributed by atoms with Crippen LogP contribution >= 0.6 is 0 Å². The Balaban J connectivity index is 0.000000886. The minimum atomic E-state index is -3.87. The molecule has 0 unspecified atom stereocenters. The molecular weight excluding hydrogens is 557 g/mol. The van der Waals surface area contributed by atoms with Crippen LogP contribution in [0.2, 0.25) is 0 Å². The van der Waals surface area contributed by atoms with E-state index in [4.69, 9.17) is 14.3 Å². The zero-order valence-electron chi connectivity index (χ0n) is 23.3. The maximum atomic E-state index is 12.9. The fourth-order valence-electron chi connectivity index (χ4n) is 6.13. The molecule has 6 rings (SSSR count). The summed E-state index contributed by atoms with van der Waals surface area (Å²) in [6.07, 6.45) is 7.40. The zero-order valence-corrected chi connectivity index (χ0v) is 27.3. The van der Waals surface area contributed by atoms with Crippen molar-refractivity contribution in [2.75, 3.05) is 21.2 Å². The van der Waals surface area contributed by atoms with Gasteiger partial charge in [0.25, 0.3) is 5.91 Å². The predicted molar refractivity (Wildman–Crippen MR) is 145 cm³/mol. The zero-order chi connectivity index (χ0) is 27.9. The second-order valence-corrected chi connectivity index (χ2v) is 12.5. The van der Waals surface area contributed by atoms with Gasteiger partial charge in [0.15, 0.2) is 0 Å². The van der Waals surface area contributed by atoms with Crippen LogP contribution in [0.25, 0.3) is 22.2 Å². The number of benzene rings is 2. The Morgan fingerprint density at radius 1 is 1.10 bits per heavy atom. The first-order chi connectivity index (χ1) is 18.7. The van der Waals surface area contributed by atoms with Crippen LogP contribution in [0, 0.1) is 5.92 Å². The second kappa shape index (κ2) is 12.6. The molecule has 2 aliphatic carbocycles. The Kier molecular flexibility index (Phi) is 9.79. The number of aromatic nitrogens is 1. The van der Waals surface area contributed by atoms with E-state index in [1.807, 2.05) is 18.2 Å². The molecule has 1 atom stereocenters. The van der Waals surface area contributed by atoms with E-state index < -0.39 is 16.1 Å². The third kappa shape index (κ3) is 5.89. The molecule has 40 heavy (non-hydrogen) atoms. The third-order valence-corrected chi connectivity index (χ3v) is 9.54. The Morgan fingerprint density at radius 3 is 2.45 bits per heavy atom. The molecule has 9 nitrogen and oxygen atoms in total. The van der Waals surface area contributed by atoms with Gasteiger partial charge in [-0.3, -0.25) is 10.7 Å². The van der Waals surface area contributed by atoms with Gasteiger partial charge in [-0.15, -0.1) is 0 Å². The number of nitrogens with zero attached hydrogens (tertiary/aromatic N) is 2. The maximum absolute atomic E-state index is 12.9. The van der Waals surface area contributed by atoms with E-state index in [0.29, 0.717) is 17.4 Å². The number of rotatable bonds is 5. The van der Waals surface area contributed by atoms with Crippen molar-refractivity contribution in [2.45, 2.75) is 56.9 Å². The fraction of sp³-hybridized carbons (Fsp3) is 0.414. The molecule has 1 aromatic heterocycles. The number of hydrogen-bond acceptors (Lipinski definition) is 6. The Bertz CT molecular complexity index is 1570. The summed E-state index contributed by atoms with van der Waals surface area (Å²) >= 11 is 0. The summed E-state index contributed by atoms with van der Waals surface area (Å²) in [7, 11) is 0.642. The number of fused-ring (bicyclic) bond motifs is 7. The van der Waals surface area contributed by atoms with Crippen LogP contribution in [0.5, 0.6) is 5.75 Å². The third-order valence-electron chi connectivity index (χ3n) is 8.13. The fourth-order valence-corrected chi connectivity index (χ4v) is 6.66. The van der Waals surface area contributed by atoms with Gasteiger partial charge in [0, 0.05) is 30.6 Å². The maximum Gasteiger partial charge on any atom is 1.00 e. The molecule has 3 aliphatic rings. The van der Waals surface area contributed by atoms with Gasteiger partial charge in [-0.1, -0.05) is 37.4 Å². The number of ether oxygens (including phenoxy) is 1. The molecule has 0 radical (unpaired) electrons. The average Bonchev–Trinajstić information content (AvgIpc) is 3.64. The van der Waals surface area contributed by atoms with Crippen LogP contribution in [0.3, 0.4) is 0 Å². The summed E-state index contributed by atoms with van der Waals surface area (Å²) in [5.74, 6) is 2.67. The number of methoxy groups -OCH3 is 1. The Labute approximate surface area is 277 Å². The molecule has 0 saturated heterocycles. The van der Waals surface area contributed by atoms with Gasteiger partial charge in [0.05, 0.1) is 12.8 Å². The van der Waals surface area contributed by atoms with E-state index in [1.165, 1.54) is 79.9 Å². The largest absolute Gasteiger partial charge is 1.00 e. The monoisotopic (exact) mass is 589 g/mol. The van der Waals surface area contributed by atoms with Crippen molar-refractivity contribution >= 4 is 33.2 Å². The van der Waals surface area contributed by atoms with Crippen LogP contribution in [0.15, 0.2) is 36.4 Å². The van der Waals surface area contributed by atoms with Gasteiger partial charge in [0.1, 0.15) is 5.75 Å². The van der Waals surface area contributed by atoms with Crippen LogP contribution < -0.4 is 60.8 Å². The first-order valence-corrected chi connectivity index (χ1v) is 14.6. The van der Waals surface area contributed by atoms with Gasteiger partial charge in [-0.2, -0.15) is 34.7 Å². The van der Waals surface area contributed by atoms with Crippen molar-refractivity contribution < 1.29 is 78.9 Å². The minimum Gasteiger partial charge on any atom is -0.497 e. The smallest absolute Gasteiger partial charge is 0.497 e. The topological polar surface area (TPSA) is 115 Å². The van der Waals surface area contributed by atoms with E-state index in [1.54, 1.807) is 13.2 Å². The molecule has 0 bridgehead atoms. The summed E-state index contributed by atoms with van der Waals surface area (Å²) in [4.78, 5) is 29.2. The van der Waals surface area contributed by atoms with Crippen molar-refractivity contribution in [1.29, 1.82) is 0 Å². The molecule has 1 amide bonds. The molecule has 1 aliphatic heterocycles. The van der Waals surface area contributed by atoms with Crippen LogP contribution in [0.4, 0.5) is 0 Å². The molecule has 206 valence electrons. The Morgan fingerprint density at radius 2 is 1.80 bits per heavy atom. The summed E-state index contributed by atoms with van der Waals surface area (Å²) in [6, 6.07) is 12.1. The van der Waals surface area contributed by atoms with Crippen LogP contribution in [0.1, 0.15) is 71.8 Å². The first-order valence-electron chi connectivity index (χ1n) is 13.1. The van der Waals surface area contributed by atoms with Gasteiger partial charge < -0.3 is 9.30 Å². The van der Waals surface area contributed by atoms with Crippen LogP contribution in [-0.4, -0.2) is 50.6 Å². The summed E-state index contributed by atoms with van der Waals surface area (Å²) in [5.41, 5.74) is 6.57. The van der Waals surface area contributed by atoms with Crippen molar-refractivity contribution in [3.63, 3.8) is 0 Å². The summed E-state index contributed by atoms with van der Waals surface area (Å²) < 4.78 is 35.7. The van der Waals surface area contributed by atoms with Crippen molar-refractivity contribution in [2.24, 2.45) is 0 Å². The molecule has 3 aromatic rings. The van der Waals surface area contributed by atoms with Crippen molar-refractivity contribution in [3.05, 3.63) is 59.0 Å². The SMILES string of the molecule is COc1ccc2c(c1)[C@@H]1C[C-]1Cn1c-2c(C2CCCCC2)c2ccc(C(=O)NS(=O)(=O)N(C)C)cc21.O=C=O.[K+]. The first kappa shape index (κ1) is 31.1. The number of carbonyl (C=O) groups excluding carboxylic acids is 3. The number of nitrogens with one attached hydrogen (secondary N) is 1. The quantitative estimate of drug-likeness (QED) is 0.356. The van der Waals surface area contributed by atoms with Gasteiger partial charge >= 0.3 is 67.7 Å². The molecule has 1 N–H and O–H groups in total. The molecule has 11 heteroatoms. The molecular formula is C29H32KN3O6S.